The summed E-state index contributed by atoms with van der Waals surface area (Å²) in [5, 5.41) is 9.28. The number of aliphatic hydroxyl groups is 1. The summed E-state index contributed by atoms with van der Waals surface area (Å²) in [6.45, 7) is 1.91. The van der Waals surface area contributed by atoms with Crippen LogP contribution in [0.25, 0.3) is 0 Å². The van der Waals surface area contributed by atoms with Crippen molar-refractivity contribution < 1.29 is 5.11 Å². The number of rotatable bonds is 2. The first-order valence-electron chi connectivity index (χ1n) is 4.56. The van der Waals surface area contributed by atoms with Crippen LogP contribution in [0, 0.1) is 18.3 Å². The van der Waals surface area contributed by atoms with Crippen LogP contribution >= 0.6 is 0 Å². The summed E-state index contributed by atoms with van der Waals surface area (Å²) >= 11 is 0. The molecular weight excluding hydrogens is 148 g/mol. The van der Waals surface area contributed by atoms with Crippen LogP contribution in [0.3, 0.4) is 0 Å². The van der Waals surface area contributed by atoms with Crippen LogP contribution in [-0.4, -0.2) is 11.2 Å². The van der Waals surface area contributed by atoms with Crippen molar-refractivity contribution in [3.05, 3.63) is 11.6 Å². The standard InChI is InChI=1S/C11H16O/c1-3-11(12)9(2)8-10-6-4-5-7-10/h1,8,10-12H,4-7H2,2H3. The van der Waals surface area contributed by atoms with Crippen molar-refractivity contribution >= 4 is 0 Å². The Labute approximate surface area is 74.5 Å². The van der Waals surface area contributed by atoms with Crippen LogP contribution in [0.4, 0.5) is 0 Å². The fraction of sp³-hybridized carbons (Fsp3) is 0.636. The van der Waals surface area contributed by atoms with Crippen molar-refractivity contribution in [1.82, 2.24) is 0 Å². The number of hydrogen-bond acceptors (Lipinski definition) is 1. The Kier molecular flexibility index (Phi) is 3.37. The fourth-order valence-corrected chi connectivity index (χ4v) is 1.72. The lowest BCUT2D eigenvalue weighted by molar-refractivity contribution is 0.267. The Hall–Kier alpha value is -0.740. The molecule has 0 radical (unpaired) electrons. The van der Waals surface area contributed by atoms with Crippen LogP contribution in [-0.2, 0) is 0 Å². The summed E-state index contributed by atoms with van der Waals surface area (Å²) in [7, 11) is 0. The summed E-state index contributed by atoms with van der Waals surface area (Å²) in [4.78, 5) is 0. The van der Waals surface area contributed by atoms with Crippen molar-refractivity contribution in [2.24, 2.45) is 5.92 Å². The van der Waals surface area contributed by atoms with Gasteiger partial charge in [-0.05, 0) is 31.3 Å². The fourth-order valence-electron chi connectivity index (χ4n) is 1.72. The van der Waals surface area contributed by atoms with E-state index in [1.807, 2.05) is 6.92 Å². The zero-order valence-electron chi connectivity index (χ0n) is 7.59. The van der Waals surface area contributed by atoms with Gasteiger partial charge in [-0.1, -0.05) is 24.8 Å². The molecule has 1 aliphatic carbocycles. The Bertz CT molecular complexity index is 204. The van der Waals surface area contributed by atoms with Gasteiger partial charge in [0.2, 0.25) is 0 Å². The van der Waals surface area contributed by atoms with E-state index in [-0.39, 0.29) is 0 Å². The third-order valence-corrected chi connectivity index (χ3v) is 2.49. The molecule has 1 N–H and O–H groups in total. The van der Waals surface area contributed by atoms with Gasteiger partial charge in [-0.15, -0.1) is 6.42 Å². The summed E-state index contributed by atoms with van der Waals surface area (Å²) in [6, 6.07) is 0. The zero-order valence-corrected chi connectivity index (χ0v) is 7.59. The highest BCUT2D eigenvalue weighted by Crippen LogP contribution is 2.27. The molecule has 1 atom stereocenters. The van der Waals surface area contributed by atoms with E-state index in [1.54, 1.807) is 0 Å². The third kappa shape index (κ3) is 2.39. The molecule has 0 saturated heterocycles. The highest BCUT2D eigenvalue weighted by atomic mass is 16.3. The normalized spacial score (nSPS) is 22.2. The second-order valence-electron chi connectivity index (χ2n) is 3.52. The SMILES string of the molecule is C#CC(O)C(C)=CC1CCCC1. The zero-order chi connectivity index (χ0) is 8.97. The minimum atomic E-state index is -0.675. The van der Waals surface area contributed by atoms with Crippen molar-refractivity contribution in [2.45, 2.75) is 38.7 Å². The smallest absolute Gasteiger partial charge is 0.135 e. The average Bonchev–Trinajstić information content (AvgIpc) is 2.55. The van der Waals surface area contributed by atoms with Crippen LogP contribution in [0.1, 0.15) is 32.6 Å². The van der Waals surface area contributed by atoms with E-state index in [1.165, 1.54) is 25.7 Å². The summed E-state index contributed by atoms with van der Waals surface area (Å²) in [5.41, 5.74) is 0.935. The predicted octanol–water partition coefficient (Wildman–Crippen LogP) is 2.12. The molecule has 66 valence electrons. The molecule has 0 aromatic heterocycles. The molecule has 0 spiro atoms. The van der Waals surface area contributed by atoms with Crippen LogP contribution in [0.15, 0.2) is 11.6 Å². The molecule has 1 rings (SSSR count). The molecule has 1 fully saturated rings. The summed E-state index contributed by atoms with van der Waals surface area (Å²) in [5.74, 6) is 2.99. The molecule has 0 amide bonds. The average molecular weight is 164 g/mol. The molecule has 12 heavy (non-hydrogen) atoms. The maximum absolute atomic E-state index is 9.28. The molecule has 1 unspecified atom stereocenters. The molecule has 0 aromatic rings. The monoisotopic (exact) mass is 164 g/mol. The van der Waals surface area contributed by atoms with E-state index in [9.17, 15) is 5.11 Å². The highest BCUT2D eigenvalue weighted by Gasteiger charge is 2.13. The minimum absolute atomic E-state index is 0.660. The van der Waals surface area contributed by atoms with Gasteiger partial charge in [0.05, 0.1) is 0 Å². The lowest BCUT2D eigenvalue weighted by atomic mass is 10.0. The van der Waals surface area contributed by atoms with Gasteiger partial charge >= 0.3 is 0 Å². The molecule has 0 heterocycles. The largest absolute Gasteiger partial charge is 0.376 e. The third-order valence-electron chi connectivity index (χ3n) is 2.49. The number of hydrogen-bond donors (Lipinski definition) is 1. The van der Waals surface area contributed by atoms with Crippen molar-refractivity contribution in [3.63, 3.8) is 0 Å². The van der Waals surface area contributed by atoms with E-state index in [0.29, 0.717) is 5.92 Å². The van der Waals surface area contributed by atoms with Gasteiger partial charge in [0.25, 0.3) is 0 Å². The van der Waals surface area contributed by atoms with Gasteiger partial charge in [0.15, 0.2) is 0 Å². The molecule has 0 aliphatic heterocycles. The number of aliphatic hydroxyl groups excluding tert-OH is 1. The van der Waals surface area contributed by atoms with Crippen LogP contribution < -0.4 is 0 Å². The van der Waals surface area contributed by atoms with Gasteiger partial charge in [-0.2, -0.15) is 0 Å². The maximum atomic E-state index is 9.28. The van der Waals surface area contributed by atoms with Crippen LogP contribution in [0.2, 0.25) is 0 Å². The summed E-state index contributed by atoms with van der Waals surface area (Å²) < 4.78 is 0. The topological polar surface area (TPSA) is 20.2 Å². The van der Waals surface area contributed by atoms with Gasteiger partial charge in [-0.25, -0.2) is 0 Å². The molecule has 1 heteroatoms. The van der Waals surface area contributed by atoms with E-state index < -0.39 is 6.10 Å². The van der Waals surface area contributed by atoms with Crippen molar-refractivity contribution in [2.75, 3.05) is 0 Å². The minimum Gasteiger partial charge on any atom is -0.376 e. The summed E-state index contributed by atoms with van der Waals surface area (Å²) in [6.07, 6.45) is 11.7. The van der Waals surface area contributed by atoms with E-state index in [4.69, 9.17) is 6.42 Å². The number of terminal acetylenes is 1. The second kappa shape index (κ2) is 4.33. The second-order valence-corrected chi connectivity index (χ2v) is 3.52. The van der Waals surface area contributed by atoms with Crippen molar-refractivity contribution in [3.8, 4) is 12.3 Å². The molecule has 1 saturated carbocycles. The highest BCUT2D eigenvalue weighted by molar-refractivity contribution is 5.17. The number of allylic oxidation sites excluding steroid dienone is 1. The molecule has 1 aliphatic rings. The quantitative estimate of drug-likeness (QED) is 0.489. The van der Waals surface area contributed by atoms with E-state index in [2.05, 4.69) is 12.0 Å². The molecule has 1 nitrogen and oxygen atoms in total. The maximum Gasteiger partial charge on any atom is 0.135 e. The van der Waals surface area contributed by atoms with Gasteiger partial charge in [0.1, 0.15) is 6.10 Å². The first kappa shape index (κ1) is 9.35. The van der Waals surface area contributed by atoms with E-state index >= 15 is 0 Å². The molecule has 0 aromatic carbocycles. The Balaban J connectivity index is 2.49. The molecular formula is C11H16O. The van der Waals surface area contributed by atoms with Gasteiger partial charge in [-0.3, -0.25) is 0 Å². The van der Waals surface area contributed by atoms with Crippen LogP contribution in [0.5, 0.6) is 0 Å². The lowest BCUT2D eigenvalue weighted by Gasteiger charge is -2.07. The van der Waals surface area contributed by atoms with Gasteiger partial charge in [0, 0.05) is 0 Å². The first-order valence-corrected chi connectivity index (χ1v) is 4.56. The Morgan fingerprint density at radius 2 is 2.17 bits per heavy atom. The first-order chi connectivity index (χ1) is 5.74. The Morgan fingerprint density at radius 1 is 1.58 bits per heavy atom. The van der Waals surface area contributed by atoms with Crippen molar-refractivity contribution in [1.29, 1.82) is 0 Å². The van der Waals surface area contributed by atoms with Gasteiger partial charge < -0.3 is 5.11 Å². The predicted molar refractivity (Wildman–Crippen MR) is 50.6 cm³/mol. The Morgan fingerprint density at radius 3 is 2.67 bits per heavy atom. The van der Waals surface area contributed by atoms with E-state index in [0.717, 1.165) is 5.57 Å². The lowest BCUT2D eigenvalue weighted by Crippen LogP contribution is -2.05. The molecule has 0 bridgehead atoms.